The zero-order chi connectivity index (χ0) is 14.8. The summed E-state index contributed by atoms with van der Waals surface area (Å²) in [5.74, 6) is 0.144. The van der Waals surface area contributed by atoms with E-state index in [1.807, 2.05) is 6.07 Å². The lowest BCUT2D eigenvalue weighted by Gasteiger charge is -2.33. The fraction of sp³-hybridized carbons (Fsp3) is 0.200. The topological polar surface area (TPSA) is 71.8 Å². The second-order valence-corrected chi connectivity index (χ2v) is 4.58. The second kappa shape index (κ2) is 5.32. The molecular weight excluding hydrogens is 272 g/mol. The highest BCUT2D eigenvalue weighted by Crippen LogP contribution is 2.34. The van der Waals surface area contributed by atoms with Crippen LogP contribution in [0.15, 0.2) is 47.1 Å². The highest BCUT2D eigenvalue weighted by Gasteiger charge is 2.34. The van der Waals surface area contributed by atoms with Crippen molar-refractivity contribution in [3.8, 4) is 5.75 Å². The first-order valence-electron chi connectivity index (χ1n) is 6.53. The highest BCUT2D eigenvalue weighted by molar-refractivity contribution is 6.06. The van der Waals surface area contributed by atoms with Gasteiger partial charge in [-0.3, -0.25) is 14.5 Å². The van der Waals surface area contributed by atoms with Gasteiger partial charge in [-0.1, -0.05) is 12.1 Å². The molecule has 6 heteroatoms. The molecule has 0 fully saturated rings. The van der Waals surface area contributed by atoms with Gasteiger partial charge in [-0.15, -0.1) is 0 Å². The first kappa shape index (κ1) is 13.2. The number of ether oxygens (including phenoxy) is 1. The van der Waals surface area contributed by atoms with Gasteiger partial charge in [0.2, 0.25) is 0 Å². The van der Waals surface area contributed by atoms with Gasteiger partial charge >= 0.3 is 0 Å². The van der Waals surface area contributed by atoms with E-state index in [-0.39, 0.29) is 24.1 Å². The van der Waals surface area contributed by atoms with E-state index in [2.05, 4.69) is 5.32 Å². The van der Waals surface area contributed by atoms with Crippen LogP contribution in [0.5, 0.6) is 5.75 Å². The molecule has 1 aliphatic rings. The lowest BCUT2D eigenvalue weighted by molar-refractivity contribution is -0.127. The number of nitrogens with zero attached hydrogens (tertiary/aromatic N) is 1. The van der Waals surface area contributed by atoms with Crippen LogP contribution in [-0.2, 0) is 4.79 Å². The van der Waals surface area contributed by atoms with Crippen LogP contribution in [0.1, 0.15) is 10.6 Å². The lowest BCUT2D eigenvalue weighted by Crippen LogP contribution is -2.50. The SMILES string of the molecule is CNC(=O)C1CN(C(=O)c2ccco2)c2ccccc2O1. The summed E-state index contributed by atoms with van der Waals surface area (Å²) in [5, 5.41) is 2.53. The second-order valence-electron chi connectivity index (χ2n) is 4.58. The zero-order valence-electron chi connectivity index (χ0n) is 11.4. The number of likely N-dealkylation sites (N-methyl/N-ethyl adjacent to an activating group) is 1. The minimum atomic E-state index is -0.746. The molecule has 3 rings (SSSR count). The monoisotopic (exact) mass is 286 g/mol. The molecule has 6 nitrogen and oxygen atoms in total. The van der Waals surface area contributed by atoms with Crippen molar-refractivity contribution in [3.05, 3.63) is 48.4 Å². The van der Waals surface area contributed by atoms with Crippen molar-refractivity contribution in [2.45, 2.75) is 6.10 Å². The van der Waals surface area contributed by atoms with Crippen LogP contribution < -0.4 is 15.0 Å². The van der Waals surface area contributed by atoms with E-state index in [1.54, 1.807) is 30.3 Å². The summed E-state index contributed by atoms with van der Waals surface area (Å²) in [5.41, 5.74) is 0.624. The zero-order valence-corrected chi connectivity index (χ0v) is 11.4. The average molecular weight is 286 g/mol. The maximum atomic E-state index is 12.5. The van der Waals surface area contributed by atoms with E-state index in [4.69, 9.17) is 9.15 Å². The molecule has 0 radical (unpaired) electrons. The molecule has 0 saturated carbocycles. The minimum Gasteiger partial charge on any atom is -0.477 e. The molecule has 1 aromatic heterocycles. The summed E-state index contributed by atoms with van der Waals surface area (Å²) in [4.78, 5) is 25.9. The molecule has 1 N–H and O–H groups in total. The number of anilines is 1. The Hall–Kier alpha value is -2.76. The first-order chi connectivity index (χ1) is 10.2. The molecule has 0 saturated heterocycles. The fourth-order valence-corrected chi connectivity index (χ4v) is 2.26. The molecule has 0 spiro atoms. The number of benzene rings is 1. The smallest absolute Gasteiger partial charge is 0.294 e. The van der Waals surface area contributed by atoms with E-state index < -0.39 is 6.10 Å². The van der Waals surface area contributed by atoms with Crippen molar-refractivity contribution < 1.29 is 18.7 Å². The van der Waals surface area contributed by atoms with E-state index >= 15 is 0 Å². The third kappa shape index (κ3) is 2.35. The Kier molecular flexibility index (Phi) is 3.35. The molecule has 1 aliphatic heterocycles. The van der Waals surface area contributed by atoms with Gasteiger partial charge < -0.3 is 14.5 Å². The predicted octanol–water partition coefficient (Wildman–Crippen LogP) is 1.43. The van der Waals surface area contributed by atoms with Gasteiger partial charge in [0.15, 0.2) is 11.9 Å². The van der Waals surface area contributed by atoms with Crippen LogP contribution in [0.4, 0.5) is 5.69 Å². The number of furan rings is 1. The molecule has 2 heterocycles. The van der Waals surface area contributed by atoms with Crippen LogP contribution in [0.2, 0.25) is 0 Å². The first-order valence-corrected chi connectivity index (χ1v) is 6.53. The minimum absolute atomic E-state index is 0.135. The number of amides is 2. The number of rotatable bonds is 2. The van der Waals surface area contributed by atoms with E-state index in [0.29, 0.717) is 11.4 Å². The van der Waals surface area contributed by atoms with E-state index in [9.17, 15) is 9.59 Å². The van der Waals surface area contributed by atoms with Gasteiger partial charge in [0.1, 0.15) is 5.75 Å². The van der Waals surface area contributed by atoms with Gasteiger partial charge in [0, 0.05) is 7.05 Å². The maximum Gasteiger partial charge on any atom is 0.294 e. The number of hydrogen-bond donors (Lipinski definition) is 1. The number of fused-ring (bicyclic) bond motifs is 1. The third-order valence-corrected chi connectivity index (χ3v) is 3.29. The standard InChI is InChI=1S/C15H14N2O4/c1-16-14(18)13-9-17(15(19)12-7-4-8-20-12)10-5-2-3-6-11(10)21-13/h2-8,13H,9H2,1H3,(H,16,18). The van der Waals surface area contributed by atoms with Crippen molar-refractivity contribution in [2.24, 2.45) is 0 Å². The van der Waals surface area contributed by atoms with Gasteiger partial charge in [0.05, 0.1) is 18.5 Å². The summed E-state index contributed by atoms with van der Waals surface area (Å²) in [6, 6.07) is 10.3. The maximum absolute atomic E-state index is 12.5. The Balaban J connectivity index is 1.98. The Bertz CT molecular complexity index is 666. The predicted molar refractivity (Wildman–Crippen MR) is 75.3 cm³/mol. The highest BCUT2D eigenvalue weighted by atomic mass is 16.5. The number of carbonyl (C=O) groups excluding carboxylic acids is 2. The van der Waals surface area contributed by atoms with Gasteiger partial charge in [-0.25, -0.2) is 0 Å². The van der Waals surface area contributed by atoms with E-state index in [1.165, 1.54) is 18.2 Å². The molecule has 2 amide bonds. The molecular formula is C15H14N2O4. The number of hydrogen-bond acceptors (Lipinski definition) is 4. The number of carbonyl (C=O) groups is 2. The van der Waals surface area contributed by atoms with Gasteiger partial charge in [-0.2, -0.15) is 0 Å². The lowest BCUT2D eigenvalue weighted by atomic mass is 10.1. The number of para-hydroxylation sites is 2. The molecule has 1 atom stereocenters. The Morgan fingerprint density at radius 1 is 1.24 bits per heavy atom. The van der Waals surface area contributed by atoms with Crippen molar-refractivity contribution in [1.29, 1.82) is 0 Å². The molecule has 108 valence electrons. The molecule has 2 aromatic rings. The molecule has 0 aliphatic carbocycles. The van der Waals surface area contributed by atoms with Gasteiger partial charge in [0.25, 0.3) is 11.8 Å². The van der Waals surface area contributed by atoms with Crippen molar-refractivity contribution in [2.75, 3.05) is 18.5 Å². The molecule has 0 bridgehead atoms. The largest absolute Gasteiger partial charge is 0.477 e. The quantitative estimate of drug-likeness (QED) is 0.906. The molecule has 1 aromatic carbocycles. The van der Waals surface area contributed by atoms with Crippen LogP contribution in [0, 0.1) is 0 Å². The summed E-state index contributed by atoms with van der Waals surface area (Å²) in [6.45, 7) is 0.135. The van der Waals surface area contributed by atoms with Crippen LogP contribution in [0.3, 0.4) is 0 Å². The Labute approximate surface area is 121 Å². The van der Waals surface area contributed by atoms with Crippen molar-refractivity contribution in [1.82, 2.24) is 5.32 Å². The Morgan fingerprint density at radius 3 is 2.76 bits per heavy atom. The summed E-state index contributed by atoms with van der Waals surface area (Å²) < 4.78 is 10.8. The Morgan fingerprint density at radius 2 is 2.05 bits per heavy atom. The summed E-state index contributed by atoms with van der Waals surface area (Å²) >= 11 is 0. The molecule has 1 unspecified atom stereocenters. The summed E-state index contributed by atoms with van der Waals surface area (Å²) in [6.07, 6.45) is 0.694. The van der Waals surface area contributed by atoms with Crippen LogP contribution in [0.25, 0.3) is 0 Å². The van der Waals surface area contributed by atoms with Crippen LogP contribution in [-0.4, -0.2) is 31.5 Å². The van der Waals surface area contributed by atoms with E-state index in [0.717, 1.165) is 0 Å². The number of nitrogens with one attached hydrogen (secondary N) is 1. The third-order valence-electron chi connectivity index (χ3n) is 3.29. The average Bonchev–Trinajstić information content (AvgIpc) is 3.06. The van der Waals surface area contributed by atoms with Gasteiger partial charge in [-0.05, 0) is 24.3 Å². The summed E-state index contributed by atoms with van der Waals surface area (Å²) in [7, 11) is 1.53. The fourth-order valence-electron chi connectivity index (χ4n) is 2.26. The van der Waals surface area contributed by atoms with Crippen molar-refractivity contribution >= 4 is 17.5 Å². The normalized spacial score (nSPS) is 16.8. The van der Waals surface area contributed by atoms with Crippen LogP contribution >= 0.6 is 0 Å². The molecule has 21 heavy (non-hydrogen) atoms. The van der Waals surface area contributed by atoms with Crippen molar-refractivity contribution in [3.63, 3.8) is 0 Å².